The van der Waals surface area contributed by atoms with Crippen LogP contribution in [-0.4, -0.2) is 38.7 Å². The predicted octanol–water partition coefficient (Wildman–Crippen LogP) is 2.01. The van der Waals surface area contributed by atoms with E-state index in [1.54, 1.807) is 11.3 Å². The molecule has 0 radical (unpaired) electrons. The summed E-state index contributed by atoms with van der Waals surface area (Å²) < 4.78 is 25.6. The van der Waals surface area contributed by atoms with Gasteiger partial charge in [0.1, 0.15) is 0 Å². The zero-order chi connectivity index (χ0) is 17.9. The number of rotatable bonds is 6. The Hall–Kier alpha value is -1.77. The summed E-state index contributed by atoms with van der Waals surface area (Å²) in [6.07, 6.45) is 6.70. The van der Waals surface area contributed by atoms with Crippen molar-refractivity contribution in [1.29, 1.82) is 0 Å². The first-order valence-corrected chi connectivity index (χ1v) is 10.9. The molecule has 0 bridgehead atoms. The molecule has 6 nitrogen and oxygen atoms in total. The summed E-state index contributed by atoms with van der Waals surface area (Å²) in [6.45, 7) is 0.470. The number of carbonyl (C=O) groups is 1. The van der Waals surface area contributed by atoms with Crippen molar-refractivity contribution in [1.82, 2.24) is 15.0 Å². The van der Waals surface area contributed by atoms with Gasteiger partial charge in [0, 0.05) is 19.0 Å². The molecule has 1 amide bonds. The van der Waals surface area contributed by atoms with Crippen LogP contribution in [0.25, 0.3) is 10.2 Å². The van der Waals surface area contributed by atoms with E-state index >= 15 is 0 Å². The second-order valence-electron chi connectivity index (χ2n) is 6.13. The molecular weight excluding hydrogens is 358 g/mol. The van der Waals surface area contributed by atoms with Crippen LogP contribution in [0.5, 0.6) is 0 Å². The van der Waals surface area contributed by atoms with Crippen LogP contribution < -0.4 is 10.0 Å². The zero-order valence-corrected chi connectivity index (χ0v) is 15.6. The molecule has 2 aromatic rings. The summed E-state index contributed by atoms with van der Waals surface area (Å²) in [4.78, 5) is 17.3. The minimum Gasteiger partial charge on any atom is -0.355 e. The quantitative estimate of drug-likeness (QED) is 0.594. The van der Waals surface area contributed by atoms with Crippen LogP contribution in [0.4, 0.5) is 0 Å². The van der Waals surface area contributed by atoms with Gasteiger partial charge in [0.25, 0.3) is 0 Å². The summed E-state index contributed by atoms with van der Waals surface area (Å²) in [6, 6.07) is 7.98. The number of para-hydroxylation sites is 1. The van der Waals surface area contributed by atoms with Gasteiger partial charge in [-0.25, -0.2) is 18.1 Å². The number of nitrogens with zero attached hydrogens (tertiary/aromatic N) is 1. The van der Waals surface area contributed by atoms with Gasteiger partial charge in [0.05, 0.1) is 27.4 Å². The molecule has 1 aromatic heterocycles. The van der Waals surface area contributed by atoms with Crippen LogP contribution in [0.3, 0.4) is 0 Å². The molecule has 0 fully saturated rings. The second-order valence-corrected chi connectivity index (χ2v) is 9.03. The van der Waals surface area contributed by atoms with Gasteiger partial charge in [-0.2, -0.15) is 0 Å². The summed E-state index contributed by atoms with van der Waals surface area (Å²) in [5.41, 5.74) is 0.966. The normalized spacial score (nSPS) is 20.7. The average molecular weight is 380 g/mol. The lowest BCUT2D eigenvalue weighted by Gasteiger charge is -2.26. The Morgan fingerprint density at radius 2 is 2.00 bits per heavy atom. The van der Waals surface area contributed by atoms with Crippen LogP contribution in [0, 0.1) is 5.92 Å². The zero-order valence-electron chi connectivity index (χ0n) is 13.9. The Labute approximate surface area is 151 Å². The van der Waals surface area contributed by atoms with E-state index in [2.05, 4.69) is 16.1 Å². The van der Waals surface area contributed by atoms with Crippen molar-refractivity contribution in [3.63, 3.8) is 0 Å². The van der Waals surface area contributed by atoms with E-state index in [0.29, 0.717) is 6.42 Å². The van der Waals surface area contributed by atoms with E-state index < -0.39 is 10.0 Å². The lowest BCUT2D eigenvalue weighted by Crippen LogP contribution is -2.39. The SMILES string of the molecule is CS(=O)(=O)NCCNC(=O)[C@H]1CC=CC[C@H]1c1nc2ccccc2s1. The van der Waals surface area contributed by atoms with Gasteiger partial charge in [-0.15, -0.1) is 11.3 Å². The van der Waals surface area contributed by atoms with Crippen molar-refractivity contribution >= 4 is 37.5 Å². The molecule has 0 saturated heterocycles. The second kappa shape index (κ2) is 7.63. The molecule has 1 aliphatic carbocycles. The highest BCUT2D eigenvalue weighted by atomic mass is 32.2. The topological polar surface area (TPSA) is 88.2 Å². The van der Waals surface area contributed by atoms with Crippen molar-refractivity contribution in [3.8, 4) is 0 Å². The number of hydrogen-bond acceptors (Lipinski definition) is 5. The molecular formula is C17H21N3O3S2. The molecule has 2 N–H and O–H groups in total. The van der Waals surface area contributed by atoms with E-state index in [0.717, 1.165) is 27.9 Å². The van der Waals surface area contributed by atoms with Gasteiger partial charge in [-0.1, -0.05) is 24.3 Å². The van der Waals surface area contributed by atoms with Gasteiger partial charge in [-0.3, -0.25) is 4.79 Å². The maximum Gasteiger partial charge on any atom is 0.224 e. The molecule has 0 saturated carbocycles. The number of hydrogen-bond donors (Lipinski definition) is 2. The number of thiazole rings is 1. The predicted molar refractivity (Wildman–Crippen MR) is 100 cm³/mol. The van der Waals surface area contributed by atoms with Gasteiger partial charge in [0.15, 0.2) is 0 Å². The van der Waals surface area contributed by atoms with E-state index in [1.165, 1.54) is 0 Å². The number of amides is 1. The number of fused-ring (bicyclic) bond motifs is 1. The Bertz CT molecular complexity index is 856. The van der Waals surface area contributed by atoms with E-state index in [-0.39, 0.29) is 30.8 Å². The van der Waals surface area contributed by atoms with Gasteiger partial charge in [0.2, 0.25) is 15.9 Å². The molecule has 1 aliphatic rings. The minimum absolute atomic E-state index is 0.0519. The van der Waals surface area contributed by atoms with Gasteiger partial charge >= 0.3 is 0 Å². The highest BCUT2D eigenvalue weighted by Gasteiger charge is 2.32. The fourth-order valence-corrected chi connectivity index (χ4v) is 4.60. The highest BCUT2D eigenvalue weighted by molar-refractivity contribution is 7.88. The first-order valence-electron chi connectivity index (χ1n) is 8.17. The standard InChI is InChI=1S/C17H21N3O3S2/c1-25(22,23)19-11-10-18-16(21)12-6-2-3-7-13(12)17-20-14-8-4-5-9-15(14)24-17/h2-5,8-9,12-13,19H,6-7,10-11H2,1H3,(H,18,21)/t12-,13+/m0/s1. The molecule has 3 rings (SSSR count). The number of carbonyl (C=O) groups excluding carboxylic acids is 1. The van der Waals surface area contributed by atoms with E-state index in [4.69, 9.17) is 4.98 Å². The number of allylic oxidation sites excluding steroid dienone is 2. The smallest absolute Gasteiger partial charge is 0.224 e. The van der Waals surface area contributed by atoms with Crippen molar-refractivity contribution in [2.75, 3.05) is 19.3 Å². The number of benzene rings is 1. The fraction of sp³-hybridized carbons (Fsp3) is 0.412. The number of nitrogens with one attached hydrogen (secondary N) is 2. The van der Waals surface area contributed by atoms with Crippen LogP contribution in [0.2, 0.25) is 0 Å². The first-order chi connectivity index (χ1) is 11.9. The average Bonchev–Trinajstić information content (AvgIpc) is 3.01. The maximum absolute atomic E-state index is 12.6. The van der Waals surface area contributed by atoms with Crippen molar-refractivity contribution < 1.29 is 13.2 Å². The number of sulfonamides is 1. The summed E-state index contributed by atoms with van der Waals surface area (Å²) in [5.74, 6) is -0.169. The Balaban J connectivity index is 1.68. The highest BCUT2D eigenvalue weighted by Crippen LogP contribution is 2.38. The first kappa shape index (κ1) is 18.0. The molecule has 1 aromatic carbocycles. The fourth-order valence-electron chi connectivity index (χ4n) is 2.98. The molecule has 2 atom stereocenters. The Morgan fingerprint density at radius 3 is 2.76 bits per heavy atom. The summed E-state index contributed by atoms with van der Waals surface area (Å²) in [5, 5.41) is 3.82. The van der Waals surface area contributed by atoms with E-state index in [9.17, 15) is 13.2 Å². The largest absolute Gasteiger partial charge is 0.355 e. The third kappa shape index (κ3) is 4.65. The molecule has 0 aliphatic heterocycles. The van der Waals surface area contributed by atoms with E-state index in [1.807, 2.05) is 30.3 Å². The van der Waals surface area contributed by atoms with Crippen molar-refractivity contribution in [3.05, 3.63) is 41.4 Å². The molecule has 25 heavy (non-hydrogen) atoms. The number of aromatic nitrogens is 1. The van der Waals surface area contributed by atoms with Gasteiger partial charge < -0.3 is 5.32 Å². The lowest BCUT2D eigenvalue weighted by molar-refractivity contribution is -0.125. The lowest BCUT2D eigenvalue weighted by atomic mass is 9.82. The molecule has 0 spiro atoms. The molecule has 134 valence electrons. The maximum atomic E-state index is 12.6. The summed E-state index contributed by atoms with van der Waals surface area (Å²) >= 11 is 1.64. The van der Waals surface area contributed by atoms with Crippen molar-refractivity contribution in [2.24, 2.45) is 5.92 Å². The van der Waals surface area contributed by atoms with Crippen LogP contribution in [0.15, 0.2) is 36.4 Å². The Kier molecular flexibility index (Phi) is 5.51. The third-order valence-corrected chi connectivity index (χ3v) is 6.08. The molecule has 1 heterocycles. The third-order valence-electron chi connectivity index (χ3n) is 4.19. The molecule has 8 heteroatoms. The summed E-state index contributed by atoms with van der Waals surface area (Å²) in [7, 11) is -3.24. The van der Waals surface area contributed by atoms with Crippen LogP contribution in [-0.2, 0) is 14.8 Å². The minimum atomic E-state index is -3.24. The van der Waals surface area contributed by atoms with Crippen LogP contribution >= 0.6 is 11.3 Å². The van der Waals surface area contributed by atoms with Crippen molar-refractivity contribution in [2.45, 2.75) is 18.8 Å². The van der Waals surface area contributed by atoms with Crippen LogP contribution in [0.1, 0.15) is 23.8 Å². The Morgan fingerprint density at radius 1 is 1.24 bits per heavy atom. The van der Waals surface area contributed by atoms with Gasteiger partial charge in [-0.05, 0) is 25.0 Å². The monoisotopic (exact) mass is 379 g/mol. The molecule has 0 unspecified atom stereocenters.